The first-order valence-corrected chi connectivity index (χ1v) is 9.65. The van der Waals surface area contributed by atoms with Gasteiger partial charge in [0, 0.05) is 26.7 Å². The normalized spacial score (nSPS) is 13.3. The number of fused-ring (bicyclic) bond motifs is 2. The largest absolute Gasteiger partial charge is 0.342 e. The molecule has 4 nitrogen and oxygen atoms in total. The van der Waals surface area contributed by atoms with E-state index in [-0.39, 0.29) is 5.91 Å². The van der Waals surface area contributed by atoms with Gasteiger partial charge in [-0.25, -0.2) is 0 Å². The number of rotatable bonds is 5. The predicted octanol–water partition coefficient (Wildman–Crippen LogP) is 4.27. The summed E-state index contributed by atoms with van der Waals surface area (Å²) in [6.07, 6.45) is 0. The molecule has 1 amide bonds. The van der Waals surface area contributed by atoms with Gasteiger partial charge in [0.05, 0.1) is 22.6 Å². The van der Waals surface area contributed by atoms with Crippen LogP contribution in [0.4, 0.5) is 17.1 Å². The Labute approximate surface area is 157 Å². The number of thiophene rings is 1. The van der Waals surface area contributed by atoms with Crippen molar-refractivity contribution in [1.82, 2.24) is 5.32 Å². The molecule has 2 heterocycles. The zero-order chi connectivity index (χ0) is 17.9. The van der Waals surface area contributed by atoms with Crippen LogP contribution in [0.5, 0.6) is 0 Å². The van der Waals surface area contributed by atoms with Gasteiger partial charge in [-0.2, -0.15) is 11.3 Å². The minimum absolute atomic E-state index is 0.0507. The third-order valence-electron chi connectivity index (χ3n) is 4.70. The molecule has 0 saturated carbocycles. The fraction of sp³-hybridized carbons (Fsp3) is 0.190. The summed E-state index contributed by atoms with van der Waals surface area (Å²) in [4.78, 5) is 17.2. The van der Waals surface area contributed by atoms with E-state index >= 15 is 0 Å². The van der Waals surface area contributed by atoms with Gasteiger partial charge in [-0.3, -0.25) is 4.79 Å². The van der Waals surface area contributed by atoms with Crippen molar-refractivity contribution in [3.8, 4) is 0 Å². The number of anilines is 3. The Morgan fingerprint density at radius 3 is 2.46 bits per heavy atom. The highest BCUT2D eigenvalue weighted by Gasteiger charge is 2.28. The molecular weight excluding hydrogens is 342 g/mol. The van der Waals surface area contributed by atoms with E-state index in [0.29, 0.717) is 6.54 Å². The first kappa shape index (κ1) is 16.8. The Balaban J connectivity index is 1.60. The van der Waals surface area contributed by atoms with Gasteiger partial charge >= 0.3 is 0 Å². The van der Waals surface area contributed by atoms with Crippen LogP contribution in [-0.2, 0) is 6.54 Å². The maximum atomic E-state index is 13.2. The summed E-state index contributed by atoms with van der Waals surface area (Å²) in [5.41, 5.74) is 4.96. The first-order chi connectivity index (χ1) is 12.8. The van der Waals surface area contributed by atoms with E-state index in [0.717, 1.165) is 35.7 Å². The number of carbonyl (C=O) groups is 1. The minimum atomic E-state index is 0.0507. The molecule has 4 rings (SSSR count). The number of carbonyl (C=O) groups excluding carboxylic acids is 1. The van der Waals surface area contributed by atoms with Crippen LogP contribution < -0.4 is 15.1 Å². The molecule has 0 spiro atoms. The second-order valence-corrected chi connectivity index (χ2v) is 7.11. The van der Waals surface area contributed by atoms with Gasteiger partial charge in [0.15, 0.2) is 0 Å². The zero-order valence-corrected chi connectivity index (χ0v) is 15.5. The van der Waals surface area contributed by atoms with Gasteiger partial charge in [-0.05, 0) is 46.7 Å². The van der Waals surface area contributed by atoms with Crippen LogP contribution in [0, 0.1) is 0 Å². The molecule has 0 bridgehead atoms. The van der Waals surface area contributed by atoms with Crippen LogP contribution in [0.15, 0.2) is 65.4 Å². The smallest absolute Gasteiger partial charge is 0.260 e. The maximum absolute atomic E-state index is 13.2. The number of hydrogen-bond donors (Lipinski definition) is 1. The topological polar surface area (TPSA) is 35.6 Å². The molecule has 26 heavy (non-hydrogen) atoms. The van der Waals surface area contributed by atoms with E-state index in [2.05, 4.69) is 33.1 Å². The quantitative estimate of drug-likeness (QED) is 0.688. The average Bonchev–Trinajstić information content (AvgIpc) is 3.18. The highest BCUT2D eigenvalue weighted by Crippen LogP contribution is 2.39. The van der Waals surface area contributed by atoms with Crippen LogP contribution in [0.2, 0.25) is 0 Å². The molecule has 1 N–H and O–H groups in total. The number of para-hydroxylation sites is 3. The van der Waals surface area contributed by atoms with Crippen LogP contribution in [0.3, 0.4) is 0 Å². The average molecular weight is 363 g/mol. The number of amides is 1. The van der Waals surface area contributed by atoms with E-state index in [4.69, 9.17) is 0 Å². The Kier molecular flexibility index (Phi) is 4.73. The highest BCUT2D eigenvalue weighted by atomic mass is 32.1. The summed E-state index contributed by atoms with van der Waals surface area (Å²) in [6, 6.07) is 18.0. The molecule has 1 aliphatic heterocycles. The van der Waals surface area contributed by atoms with Gasteiger partial charge in [0.2, 0.25) is 0 Å². The summed E-state index contributed by atoms with van der Waals surface area (Å²) in [7, 11) is 2.02. The standard InChI is InChI=1S/C21H21N3OS/c1-23-18-7-3-2-6-17(18)21(25)24(20-9-5-4-8-19(20)23)12-11-22-14-16-10-13-26-15-16/h2-10,13,15,22H,11-12,14H2,1H3. The van der Waals surface area contributed by atoms with Crippen LogP contribution >= 0.6 is 11.3 Å². The Morgan fingerprint density at radius 2 is 1.69 bits per heavy atom. The highest BCUT2D eigenvalue weighted by molar-refractivity contribution is 7.07. The first-order valence-electron chi connectivity index (χ1n) is 8.71. The Morgan fingerprint density at radius 1 is 0.962 bits per heavy atom. The summed E-state index contributed by atoms with van der Waals surface area (Å²) >= 11 is 1.70. The molecule has 2 aromatic carbocycles. The fourth-order valence-corrected chi connectivity index (χ4v) is 4.02. The van der Waals surface area contributed by atoms with Crippen molar-refractivity contribution >= 4 is 34.3 Å². The van der Waals surface area contributed by atoms with Gasteiger partial charge < -0.3 is 15.1 Å². The van der Waals surface area contributed by atoms with Gasteiger partial charge in [-0.15, -0.1) is 0 Å². The van der Waals surface area contributed by atoms with Crippen molar-refractivity contribution < 1.29 is 4.79 Å². The monoisotopic (exact) mass is 363 g/mol. The van der Waals surface area contributed by atoms with Crippen molar-refractivity contribution in [2.45, 2.75) is 6.54 Å². The van der Waals surface area contributed by atoms with Crippen molar-refractivity contribution in [2.75, 3.05) is 29.9 Å². The summed E-state index contributed by atoms with van der Waals surface area (Å²) in [5, 5.41) is 7.67. The summed E-state index contributed by atoms with van der Waals surface area (Å²) in [5.74, 6) is 0.0507. The third kappa shape index (κ3) is 3.11. The number of hydrogen-bond acceptors (Lipinski definition) is 4. The summed E-state index contributed by atoms with van der Waals surface area (Å²) < 4.78 is 0. The Hall–Kier alpha value is -2.63. The van der Waals surface area contributed by atoms with E-state index in [9.17, 15) is 4.79 Å². The predicted molar refractivity (Wildman–Crippen MR) is 109 cm³/mol. The SMILES string of the molecule is CN1c2ccccc2C(=O)N(CCNCc2ccsc2)c2ccccc21. The van der Waals surface area contributed by atoms with Gasteiger partial charge in [0.1, 0.15) is 0 Å². The van der Waals surface area contributed by atoms with E-state index < -0.39 is 0 Å². The molecule has 0 saturated heterocycles. The Bertz CT molecular complexity index is 907. The van der Waals surface area contributed by atoms with Gasteiger partial charge in [-0.1, -0.05) is 24.3 Å². The molecule has 0 radical (unpaired) electrons. The molecule has 1 aromatic heterocycles. The fourth-order valence-electron chi connectivity index (χ4n) is 3.35. The third-order valence-corrected chi connectivity index (χ3v) is 5.43. The maximum Gasteiger partial charge on any atom is 0.260 e. The molecule has 132 valence electrons. The molecule has 0 unspecified atom stereocenters. The number of nitrogens with zero attached hydrogens (tertiary/aromatic N) is 2. The lowest BCUT2D eigenvalue weighted by molar-refractivity contribution is 0.0988. The molecule has 5 heteroatoms. The minimum Gasteiger partial charge on any atom is -0.342 e. The number of nitrogens with one attached hydrogen (secondary N) is 1. The zero-order valence-electron chi connectivity index (χ0n) is 14.7. The lowest BCUT2D eigenvalue weighted by Gasteiger charge is -2.24. The van der Waals surface area contributed by atoms with E-state index in [1.54, 1.807) is 11.3 Å². The van der Waals surface area contributed by atoms with E-state index in [1.165, 1.54) is 5.56 Å². The van der Waals surface area contributed by atoms with Crippen molar-refractivity contribution in [3.63, 3.8) is 0 Å². The van der Waals surface area contributed by atoms with Crippen molar-refractivity contribution in [3.05, 3.63) is 76.5 Å². The lowest BCUT2D eigenvalue weighted by atomic mass is 10.1. The molecule has 0 atom stereocenters. The second-order valence-electron chi connectivity index (χ2n) is 6.33. The van der Waals surface area contributed by atoms with Gasteiger partial charge in [0.25, 0.3) is 5.91 Å². The molecule has 0 aliphatic carbocycles. The van der Waals surface area contributed by atoms with Crippen molar-refractivity contribution in [2.24, 2.45) is 0 Å². The lowest BCUT2D eigenvalue weighted by Crippen LogP contribution is -2.36. The second kappa shape index (κ2) is 7.32. The molecule has 0 fully saturated rings. The van der Waals surface area contributed by atoms with Crippen LogP contribution in [-0.4, -0.2) is 26.0 Å². The molecule has 3 aromatic rings. The van der Waals surface area contributed by atoms with Crippen molar-refractivity contribution in [1.29, 1.82) is 0 Å². The summed E-state index contributed by atoms with van der Waals surface area (Å²) in [6.45, 7) is 2.19. The van der Waals surface area contributed by atoms with E-state index in [1.807, 2.05) is 54.4 Å². The van der Waals surface area contributed by atoms with Crippen LogP contribution in [0.1, 0.15) is 15.9 Å². The number of benzene rings is 2. The molecule has 1 aliphatic rings. The van der Waals surface area contributed by atoms with Crippen LogP contribution in [0.25, 0.3) is 0 Å². The molecular formula is C21H21N3OS.